The van der Waals surface area contributed by atoms with Crippen LogP contribution in [0.1, 0.15) is 12.0 Å². The molecule has 0 spiro atoms. The third-order valence-electron chi connectivity index (χ3n) is 3.05. The van der Waals surface area contributed by atoms with Crippen molar-refractivity contribution in [2.45, 2.75) is 18.8 Å². The number of nitrogens with zero attached hydrogens (tertiary/aromatic N) is 1. The van der Waals surface area contributed by atoms with Gasteiger partial charge in [0.1, 0.15) is 5.75 Å². The number of hydrogen-bond acceptors (Lipinski definition) is 5. The van der Waals surface area contributed by atoms with E-state index in [-0.39, 0.29) is 11.8 Å². The normalized spacial score (nSPS) is 22.6. The quantitative estimate of drug-likeness (QED) is 0.603. The molecule has 0 radical (unpaired) electrons. The van der Waals surface area contributed by atoms with Crippen LogP contribution in [0.5, 0.6) is 5.75 Å². The Hall–Kier alpha value is -1.92. The van der Waals surface area contributed by atoms with Crippen molar-refractivity contribution < 1.29 is 19.1 Å². The molecule has 0 saturated carbocycles. The molecule has 6 nitrogen and oxygen atoms in total. The Balaban J connectivity index is 1.79. The first-order chi connectivity index (χ1) is 9.24. The molecule has 1 aromatic rings. The molecule has 2 aliphatic heterocycles. The number of nitro groups is 1. The van der Waals surface area contributed by atoms with Crippen molar-refractivity contribution in [1.82, 2.24) is 0 Å². The fourth-order valence-corrected chi connectivity index (χ4v) is 2.11. The van der Waals surface area contributed by atoms with Crippen molar-refractivity contribution in [1.29, 1.82) is 0 Å². The molecule has 0 aliphatic carbocycles. The van der Waals surface area contributed by atoms with Gasteiger partial charge in [0.05, 0.1) is 18.1 Å². The summed E-state index contributed by atoms with van der Waals surface area (Å²) in [4.78, 5) is 10.3. The molecule has 0 bridgehead atoms. The molecule has 0 amide bonds. The minimum absolute atomic E-state index is 0.0515. The highest BCUT2D eigenvalue weighted by Crippen LogP contribution is 2.31. The highest BCUT2D eigenvalue weighted by Gasteiger charge is 2.28. The fraction of sp³-hybridized carbons (Fsp3) is 0.385. The summed E-state index contributed by atoms with van der Waals surface area (Å²) in [5, 5.41) is 10.7. The zero-order chi connectivity index (χ0) is 13.2. The smallest absolute Gasteiger partial charge is 0.270 e. The number of ether oxygens (including phenoxy) is 3. The van der Waals surface area contributed by atoms with E-state index in [9.17, 15) is 10.1 Å². The zero-order valence-electron chi connectivity index (χ0n) is 10.2. The lowest BCUT2D eigenvalue weighted by Crippen LogP contribution is -2.39. The SMILES string of the molecule is O=[N+]([O-])c1ccc2c(c1)C=CC(C1OCCCO1)O2. The molecule has 3 rings (SSSR count). The van der Waals surface area contributed by atoms with E-state index in [0.717, 1.165) is 6.42 Å². The van der Waals surface area contributed by atoms with Gasteiger partial charge in [-0.15, -0.1) is 0 Å². The number of fused-ring (bicyclic) bond motifs is 1. The van der Waals surface area contributed by atoms with Crippen molar-refractivity contribution in [2.75, 3.05) is 13.2 Å². The lowest BCUT2D eigenvalue weighted by molar-refractivity contribution is -0.384. The molecule has 100 valence electrons. The van der Waals surface area contributed by atoms with Gasteiger partial charge in [-0.2, -0.15) is 0 Å². The van der Waals surface area contributed by atoms with E-state index >= 15 is 0 Å². The summed E-state index contributed by atoms with van der Waals surface area (Å²) in [5.74, 6) is 0.607. The van der Waals surface area contributed by atoms with Gasteiger partial charge in [0.2, 0.25) is 0 Å². The molecule has 1 atom stereocenters. The topological polar surface area (TPSA) is 70.8 Å². The third-order valence-corrected chi connectivity index (χ3v) is 3.05. The Kier molecular flexibility index (Phi) is 3.18. The zero-order valence-corrected chi connectivity index (χ0v) is 10.2. The Bertz CT molecular complexity index is 522. The first kappa shape index (κ1) is 12.1. The number of benzene rings is 1. The largest absolute Gasteiger partial charge is 0.480 e. The van der Waals surface area contributed by atoms with Gasteiger partial charge in [-0.1, -0.05) is 6.08 Å². The van der Waals surface area contributed by atoms with Gasteiger partial charge in [-0.25, -0.2) is 0 Å². The van der Waals surface area contributed by atoms with Crippen molar-refractivity contribution in [2.24, 2.45) is 0 Å². The van der Waals surface area contributed by atoms with Gasteiger partial charge in [0, 0.05) is 17.7 Å². The molecule has 2 aliphatic rings. The Labute approximate surface area is 109 Å². The summed E-state index contributed by atoms with van der Waals surface area (Å²) in [6, 6.07) is 4.52. The van der Waals surface area contributed by atoms with E-state index in [4.69, 9.17) is 14.2 Å². The number of nitro benzene ring substituents is 1. The summed E-state index contributed by atoms with van der Waals surface area (Å²) in [6.07, 6.45) is 3.78. The maximum absolute atomic E-state index is 10.7. The molecule has 0 aromatic heterocycles. The molecule has 1 unspecified atom stereocenters. The molecule has 1 fully saturated rings. The van der Waals surface area contributed by atoms with Crippen LogP contribution in [0.25, 0.3) is 6.08 Å². The van der Waals surface area contributed by atoms with Crippen molar-refractivity contribution in [3.05, 3.63) is 40.0 Å². The van der Waals surface area contributed by atoms with E-state index in [1.54, 1.807) is 12.1 Å². The Morgan fingerprint density at radius 3 is 2.79 bits per heavy atom. The van der Waals surface area contributed by atoms with Gasteiger partial charge in [-0.3, -0.25) is 10.1 Å². The van der Waals surface area contributed by atoms with Gasteiger partial charge in [0.25, 0.3) is 5.69 Å². The minimum Gasteiger partial charge on any atom is -0.480 e. The predicted molar refractivity (Wildman–Crippen MR) is 66.9 cm³/mol. The van der Waals surface area contributed by atoms with Gasteiger partial charge < -0.3 is 14.2 Å². The van der Waals surface area contributed by atoms with Crippen LogP contribution in [0.15, 0.2) is 24.3 Å². The van der Waals surface area contributed by atoms with E-state index in [0.29, 0.717) is 24.5 Å². The van der Waals surface area contributed by atoms with E-state index in [1.807, 2.05) is 6.08 Å². The highest BCUT2D eigenvalue weighted by atomic mass is 16.7. The highest BCUT2D eigenvalue weighted by molar-refractivity contribution is 5.63. The molecule has 2 heterocycles. The van der Waals surface area contributed by atoms with Crippen LogP contribution in [0.3, 0.4) is 0 Å². The monoisotopic (exact) mass is 263 g/mol. The minimum atomic E-state index is -0.423. The summed E-state index contributed by atoms with van der Waals surface area (Å²) in [7, 11) is 0. The first-order valence-electron chi connectivity index (χ1n) is 6.10. The van der Waals surface area contributed by atoms with Crippen molar-refractivity contribution in [3.63, 3.8) is 0 Å². The summed E-state index contributed by atoms with van der Waals surface area (Å²) in [5.41, 5.74) is 0.747. The summed E-state index contributed by atoms with van der Waals surface area (Å²) < 4.78 is 16.7. The molecule has 1 aromatic carbocycles. The van der Waals surface area contributed by atoms with E-state index < -0.39 is 11.2 Å². The van der Waals surface area contributed by atoms with Gasteiger partial charge >= 0.3 is 0 Å². The lowest BCUT2D eigenvalue weighted by atomic mass is 10.1. The van der Waals surface area contributed by atoms with Crippen LogP contribution >= 0.6 is 0 Å². The second-order valence-corrected chi connectivity index (χ2v) is 4.38. The van der Waals surface area contributed by atoms with E-state index in [1.165, 1.54) is 12.1 Å². The first-order valence-corrected chi connectivity index (χ1v) is 6.10. The van der Waals surface area contributed by atoms with Crippen LogP contribution in [-0.4, -0.2) is 30.5 Å². The standard InChI is InChI=1S/C13H13NO5/c15-14(16)10-3-5-11-9(8-10)2-4-12(19-11)13-17-6-1-7-18-13/h2-5,8,12-13H,1,6-7H2. The second kappa shape index (κ2) is 4.99. The number of rotatable bonds is 2. The molecule has 1 saturated heterocycles. The Morgan fingerprint density at radius 2 is 2.05 bits per heavy atom. The third kappa shape index (κ3) is 2.45. The van der Waals surface area contributed by atoms with Gasteiger partial charge in [-0.05, 0) is 18.6 Å². The van der Waals surface area contributed by atoms with Crippen LogP contribution in [-0.2, 0) is 9.47 Å². The molecule has 19 heavy (non-hydrogen) atoms. The average Bonchev–Trinajstić information content (AvgIpc) is 2.47. The second-order valence-electron chi connectivity index (χ2n) is 4.38. The predicted octanol–water partition coefficient (Wildman–Crippen LogP) is 2.13. The maximum atomic E-state index is 10.7. The van der Waals surface area contributed by atoms with Crippen molar-refractivity contribution in [3.8, 4) is 5.75 Å². The number of non-ortho nitro benzene ring substituents is 1. The fourth-order valence-electron chi connectivity index (χ4n) is 2.11. The molecular formula is C13H13NO5. The number of hydrogen-bond donors (Lipinski definition) is 0. The Morgan fingerprint density at radius 1 is 1.26 bits per heavy atom. The van der Waals surface area contributed by atoms with Crippen LogP contribution in [0.4, 0.5) is 5.69 Å². The molecule has 0 N–H and O–H groups in total. The maximum Gasteiger partial charge on any atom is 0.270 e. The van der Waals surface area contributed by atoms with Crippen LogP contribution in [0, 0.1) is 10.1 Å². The van der Waals surface area contributed by atoms with E-state index in [2.05, 4.69) is 0 Å². The van der Waals surface area contributed by atoms with Crippen LogP contribution < -0.4 is 4.74 Å². The molecule has 6 heteroatoms. The van der Waals surface area contributed by atoms with Crippen LogP contribution in [0.2, 0.25) is 0 Å². The lowest BCUT2D eigenvalue weighted by Gasteiger charge is -2.31. The van der Waals surface area contributed by atoms with Gasteiger partial charge in [0.15, 0.2) is 12.4 Å². The average molecular weight is 263 g/mol. The molecular weight excluding hydrogens is 250 g/mol. The van der Waals surface area contributed by atoms with Crippen molar-refractivity contribution >= 4 is 11.8 Å². The summed E-state index contributed by atoms with van der Waals surface area (Å²) in [6.45, 7) is 1.32. The summed E-state index contributed by atoms with van der Waals surface area (Å²) >= 11 is 0.